The van der Waals surface area contributed by atoms with Crippen LogP contribution in [0.5, 0.6) is 0 Å². The maximum atomic E-state index is 5.43. The van der Waals surface area contributed by atoms with Gasteiger partial charge in [-0.25, -0.2) is 0 Å². The van der Waals surface area contributed by atoms with Crippen molar-refractivity contribution in [2.24, 2.45) is 0 Å². The fourth-order valence-corrected chi connectivity index (χ4v) is 5.21. The van der Waals surface area contributed by atoms with Crippen LogP contribution in [0.15, 0.2) is 66.7 Å². The van der Waals surface area contributed by atoms with Crippen molar-refractivity contribution >= 4 is 35.7 Å². The molecule has 4 heteroatoms. The highest BCUT2D eigenvalue weighted by molar-refractivity contribution is 5.70. The predicted octanol–water partition coefficient (Wildman–Crippen LogP) is 6.16. The number of anilines is 2. The number of aromatic nitrogens is 1. The van der Waals surface area contributed by atoms with E-state index >= 15 is 0 Å². The summed E-state index contributed by atoms with van der Waals surface area (Å²) in [4.78, 5) is 4.95. The molecule has 186 valence electrons. The number of ether oxygens (including phenoxy) is 1. The van der Waals surface area contributed by atoms with E-state index in [1.807, 2.05) is 0 Å². The first kappa shape index (κ1) is 24.3. The molecular formula is C32H38N3O+. The van der Waals surface area contributed by atoms with Crippen LogP contribution in [0.4, 0.5) is 11.4 Å². The average molecular weight is 481 g/mol. The number of nitrogens with zero attached hydrogens (tertiary/aromatic N) is 3. The molecule has 0 radical (unpaired) electrons. The number of benzene rings is 2. The maximum absolute atomic E-state index is 5.43. The van der Waals surface area contributed by atoms with Gasteiger partial charge >= 0.3 is 0 Å². The van der Waals surface area contributed by atoms with E-state index in [1.54, 1.807) is 7.11 Å². The second-order valence-electron chi connectivity index (χ2n) is 9.76. The summed E-state index contributed by atoms with van der Waals surface area (Å²) in [7, 11) is 1.76. The Morgan fingerprint density at radius 2 is 1.08 bits per heavy atom. The van der Waals surface area contributed by atoms with Crippen molar-refractivity contribution in [2.75, 3.05) is 49.7 Å². The van der Waals surface area contributed by atoms with Gasteiger partial charge in [-0.3, -0.25) is 0 Å². The molecule has 2 aromatic carbocycles. The van der Waals surface area contributed by atoms with Crippen LogP contribution in [-0.4, -0.2) is 39.9 Å². The summed E-state index contributed by atoms with van der Waals surface area (Å²) in [5.74, 6) is 0. The second-order valence-corrected chi connectivity index (χ2v) is 9.76. The van der Waals surface area contributed by atoms with Gasteiger partial charge in [0.15, 0.2) is 6.54 Å². The van der Waals surface area contributed by atoms with Gasteiger partial charge < -0.3 is 14.5 Å². The van der Waals surface area contributed by atoms with Crippen molar-refractivity contribution in [3.63, 3.8) is 0 Å². The summed E-state index contributed by atoms with van der Waals surface area (Å²) >= 11 is 0. The van der Waals surface area contributed by atoms with Crippen molar-refractivity contribution in [2.45, 2.75) is 32.2 Å². The zero-order chi connectivity index (χ0) is 24.6. The van der Waals surface area contributed by atoms with Crippen molar-refractivity contribution in [1.29, 1.82) is 0 Å². The highest BCUT2D eigenvalue weighted by Crippen LogP contribution is 2.22. The Labute approximate surface area is 216 Å². The van der Waals surface area contributed by atoms with Crippen molar-refractivity contribution < 1.29 is 9.30 Å². The molecule has 4 nitrogen and oxygen atoms in total. The Kier molecular flexibility index (Phi) is 8.14. The van der Waals surface area contributed by atoms with Gasteiger partial charge in [0, 0.05) is 68.9 Å². The molecule has 1 aromatic heterocycles. The van der Waals surface area contributed by atoms with Crippen LogP contribution in [-0.2, 0) is 11.3 Å². The molecule has 0 amide bonds. The fourth-order valence-electron chi connectivity index (χ4n) is 5.21. The molecule has 0 unspecified atom stereocenters. The first-order chi connectivity index (χ1) is 17.8. The van der Waals surface area contributed by atoms with Crippen LogP contribution in [0.3, 0.4) is 0 Å². The lowest BCUT2D eigenvalue weighted by Crippen LogP contribution is -2.42. The molecule has 2 aliphatic rings. The average Bonchev–Trinajstić information content (AvgIpc) is 3.66. The molecule has 0 N–H and O–H groups in total. The minimum absolute atomic E-state index is 0.672. The zero-order valence-corrected chi connectivity index (χ0v) is 21.5. The number of hydrogen-bond acceptors (Lipinski definition) is 3. The lowest BCUT2D eigenvalue weighted by Gasteiger charge is -2.17. The number of rotatable bonds is 9. The van der Waals surface area contributed by atoms with Gasteiger partial charge in [0.05, 0.1) is 0 Å². The van der Waals surface area contributed by atoms with E-state index in [2.05, 4.69) is 105 Å². The molecule has 3 aromatic rings. The quantitative estimate of drug-likeness (QED) is 0.342. The molecular weight excluding hydrogens is 442 g/mol. The van der Waals surface area contributed by atoms with Crippen LogP contribution < -0.4 is 14.4 Å². The molecule has 0 spiro atoms. The van der Waals surface area contributed by atoms with Crippen LogP contribution in [0, 0.1) is 0 Å². The predicted molar refractivity (Wildman–Crippen MR) is 152 cm³/mol. The third-order valence-electron chi connectivity index (χ3n) is 7.30. The van der Waals surface area contributed by atoms with Crippen molar-refractivity contribution in [3.05, 3.63) is 89.2 Å². The number of methoxy groups -OCH3 is 1. The highest BCUT2D eigenvalue weighted by atomic mass is 16.5. The maximum Gasteiger partial charge on any atom is 0.205 e. The summed E-state index contributed by atoms with van der Waals surface area (Å²) in [6.07, 6.45) is 14.0. The van der Waals surface area contributed by atoms with Gasteiger partial charge in [-0.1, -0.05) is 24.3 Å². The van der Waals surface area contributed by atoms with Gasteiger partial charge in [0.25, 0.3) is 0 Å². The molecule has 0 aliphatic carbocycles. The first-order valence-corrected chi connectivity index (χ1v) is 13.4. The Morgan fingerprint density at radius 3 is 1.50 bits per heavy atom. The molecule has 36 heavy (non-hydrogen) atoms. The largest absolute Gasteiger partial charge is 0.378 e. The van der Waals surface area contributed by atoms with E-state index in [0.717, 1.165) is 6.54 Å². The molecule has 2 saturated heterocycles. The van der Waals surface area contributed by atoms with Crippen LogP contribution in [0.1, 0.15) is 48.2 Å². The van der Waals surface area contributed by atoms with E-state index in [-0.39, 0.29) is 0 Å². The Balaban J connectivity index is 1.32. The smallest absolute Gasteiger partial charge is 0.205 e. The third kappa shape index (κ3) is 6.06. The summed E-state index contributed by atoms with van der Waals surface area (Å²) in [5, 5.41) is 0. The van der Waals surface area contributed by atoms with E-state index in [9.17, 15) is 0 Å². The van der Waals surface area contributed by atoms with Gasteiger partial charge in [0.2, 0.25) is 11.4 Å². The van der Waals surface area contributed by atoms with E-state index in [1.165, 1.54) is 85.8 Å². The van der Waals surface area contributed by atoms with Gasteiger partial charge in [0.1, 0.15) is 6.61 Å². The second kappa shape index (κ2) is 12.0. The van der Waals surface area contributed by atoms with Gasteiger partial charge in [-0.05, 0) is 79.3 Å². The Bertz CT molecular complexity index is 1080. The third-order valence-corrected chi connectivity index (χ3v) is 7.30. The number of pyridine rings is 1. The van der Waals surface area contributed by atoms with E-state index < -0.39 is 0 Å². The van der Waals surface area contributed by atoms with Crippen LogP contribution >= 0.6 is 0 Å². The van der Waals surface area contributed by atoms with E-state index in [4.69, 9.17) is 4.74 Å². The summed E-state index contributed by atoms with van der Waals surface area (Å²) in [6, 6.07) is 24.4. The summed E-state index contributed by atoms with van der Waals surface area (Å²) in [6.45, 7) is 6.19. The summed E-state index contributed by atoms with van der Waals surface area (Å²) in [5.41, 5.74) is 7.44. The van der Waals surface area contributed by atoms with Crippen LogP contribution in [0.25, 0.3) is 24.3 Å². The zero-order valence-electron chi connectivity index (χ0n) is 21.5. The molecule has 2 aliphatic heterocycles. The molecule has 0 bridgehead atoms. The number of hydrogen-bond donors (Lipinski definition) is 0. The van der Waals surface area contributed by atoms with Gasteiger partial charge in [-0.15, -0.1) is 0 Å². The lowest BCUT2D eigenvalue weighted by molar-refractivity contribution is -0.701. The lowest BCUT2D eigenvalue weighted by atomic mass is 10.1. The van der Waals surface area contributed by atoms with Crippen molar-refractivity contribution in [1.82, 2.24) is 0 Å². The van der Waals surface area contributed by atoms with Crippen LogP contribution in [0.2, 0.25) is 0 Å². The summed E-state index contributed by atoms with van der Waals surface area (Å²) < 4.78 is 7.75. The molecule has 2 fully saturated rings. The Hall–Kier alpha value is -3.37. The minimum Gasteiger partial charge on any atom is -0.378 e. The highest BCUT2D eigenvalue weighted by Gasteiger charge is 2.14. The minimum atomic E-state index is 0.672. The normalized spacial score (nSPS) is 16.1. The molecule has 0 saturated carbocycles. The first-order valence-electron chi connectivity index (χ1n) is 13.4. The SMILES string of the molecule is COCC[n+]1c(/C=C/c2ccc(N3CCCC3)cc2)cccc1/C=C/c1ccc(N2CCCC2)cc1. The topological polar surface area (TPSA) is 19.6 Å². The fraction of sp³-hybridized carbons (Fsp3) is 0.344. The van der Waals surface area contributed by atoms with Crippen molar-refractivity contribution in [3.8, 4) is 0 Å². The monoisotopic (exact) mass is 480 g/mol. The molecule has 3 heterocycles. The van der Waals surface area contributed by atoms with Gasteiger partial charge in [-0.2, -0.15) is 4.57 Å². The molecule has 5 rings (SSSR count). The Morgan fingerprint density at radius 1 is 0.639 bits per heavy atom. The standard InChI is InChI=1S/C32H38N3O/c1-36-26-25-35-31(19-13-27-9-15-29(16-10-27)33-21-2-3-22-33)7-6-8-32(35)20-14-28-11-17-30(18-12-28)34-23-4-5-24-34/h6-20H,2-5,21-26H2,1H3/q+1. The molecule has 0 atom stereocenters. The van der Waals surface area contributed by atoms with E-state index in [0.29, 0.717) is 6.61 Å².